The summed E-state index contributed by atoms with van der Waals surface area (Å²) in [7, 11) is 1.84. The second-order valence-corrected chi connectivity index (χ2v) is 11.3. The number of hydrogen-bond acceptors (Lipinski definition) is 6. The summed E-state index contributed by atoms with van der Waals surface area (Å²) in [5.74, 6) is 1.36. The van der Waals surface area contributed by atoms with Gasteiger partial charge in [0.15, 0.2) is 5.60 Å². The van der Waals surface area contributed by atoms with E-state index in [0.29, 0.717) is 33.3 Å². The molecule has 1 saturated heterocycles. The first-order valence-electron chi connectivity index (χ1n) is 12.6. The van der Waals surface area contributed by atoms with E-state index in [1.165, 1.54) is 0 Å². The molecule has 2 amide bonds. The minimum Gasteiger partial charge on any atom is -0.476 e. The van der Waals surface area contributed by atoms with E-state index < -0.39 is 5.60 Å². The highest BCUT2D eigenvalue weighted by Crippen LogP contribution is 2.44. The number of halogens is 2. The second kappa shape index (κ2) is 11.1. The molecule has 4 atom stereocenters. The first-order valence-corrected chi connectivity index (χ1v) is 13.3. The van der Waals surface area contributed by atoms with Crippen molar-refractivity contribution >= 4 is 40.8 Å². The van der Waals surface area contributed by atoms with E-state index in [2.05, 4.69) is 15.2 Å². The van der Waals surface area contributed by atoms with Crippen LogP contribution in [0.3, 0.4) is 0 Å². The van der Waals surface area contributed by atoms with Crippen molar-refractivity contribution < 1.29 is 19.4 Å². The Bertz CT molecular complexity index is 1140. The van der Waals surface area contributed by atoms with Gasteiger partial charge in [0, 0.05) is 42.9 Å². The number of carbonyl (C=O) groups excluding carboxylic acids is 2. The van der Waals surface area contributed by atoms with Crippen LogP contribution in [0.4, 0.5) is 5.82 Å². The molecular weight excluding hydrogens is 515 g/mol. The van der Waals surface area contributed by atoms with E-state index in [1.54, 1.807) is 51.2 Å². The van der Waals surface area contributed by atoms with Gasteiger partial charge in [-0.2, -0.15) is 0 Å². The summed E-state index contributed by atoms with van der Waals surface area (Å²) in [5, 5.41) is 12.7. The number of hydrogen-bond donors (Lipinski definition) is 2. The fourth-order valence-corrected chi connectivity index (χ4v) is 5.38. The van der Waals surface area contributed by atoms with Crippen LogP contribution in [0.2, 0.25) is 10.0 Å². The molecule has 37 heavy (non-hydrogen) atoms. The number of benzene rings is 1. The molecule has 3 unspecified atom stereocenters. The molecule has 2 fully saturated rings. The Morgan fingerprint density at radius 2 is 2.03 bits per heavy atom. The lowest BCUT2D eigenvalue weighted by molar-refractivity contribution is -0.146. The maximum Gasteiger partial charge on any atom is 0.266 e. The number of likely N-dealkylation sites (N-methyl/N-ethyl adjacent to an activating group) is 1. The van der Waals surface area contributed by atoms with Crippen LogP contribution < -0.4 is 15.0 Å². The summed E-state index contributed by atoms with van der Waals surface area (Å²) in [6.45, 7) is 5.88. The summed E-state index contributed by atoms with van der Waals surface area (Å²) in [6, 6.07) is 8.72. The van der Waals surface area contributed by atoms with Crippen molar-refractivity contribution in [3.05, 3.63) is 52.1 Å². The molecule has 1 aromatic carbocycles. The molecule has 8 nitrogen and oxygen atoms in total. The van der Waals surface area contributed by atoms with Crippen LogP contribution in [0, 0.1) is 5.92 Å². The Kier molecular flexibility index (Phi) is 8.21. The van der Waals surface area contributed by atoms with E-state index in [1.807, 2.05) is 18.0 Å². The zero-order valence-electron chi connectivity index (χ0n) is 21.6. The van der Waals surface area contributed by atoms with Crippen molar-refractivity contribution in [1.29, 1.82) is 0 Å². The molecule has 1 aliphatic carbocycles. The van der Waals surface area contributed by atoms with Gasteiger partial charge >= 0.3 is 0 Å². The third-order valence-corrected chi connectivity index (χ3v) is 7.69. The average Bonchev–Trinajstić information content (AvgIpc) is 3.64. The number of pyridine rings is 1. The topological polar surface area (TPSA) is 95.0 Å². The minimum absolute atomic E-state index is 0.0704. The van der Waals surface area contributed by atoms with Gasteiger partial charge in [-0.3, -0.25) is 9.59 Å². The summed E-state index contributed by atoms with van der Waals surface area (Å²) >= 11 is 12.3. The van der Waals surface area contributed by atoms with Gasteiger partial charge in [0.25, 0.3) is 11.8 Å². The van der Waals surface area contributed by atoms with Crippen molar-refractivity contribution in [3.8, 4) is 5.75 Å². The molecule has 1 saturated carbocycles. The number of ether oxygens (including phenoxy) is 1. The normalized spacial score (nSPS) is 21.9. The largest absolute Gasteiger partial charge is 0.476 e. The number of carbonyl (C=O) groups is 2. The number of fused-ring (bicyclic) bond motifs is 1. The Morgan fingerprint density at radius 3 is 2.68 bits per heavy atom. The molecule has 10 heteroatoms. The monoisotopic (exact) mass is 548 g/mol. The molecule has 2 N–H and O–H groups in total. The Morgan fingerprint density at radius 1 is 1.27 bits per heavy atom. The van der Waals surface area contributed by atoms with Crippen LogP contribution in [-0.2, 0) is 4.79 Å². The SMILES string of the molecule is C[C@@H](CO)NC(=O)c1ccc(N2CCC(N(C)C(=O)C(C)(C)Oc3ccc(Cl)cc3Cl)CC3CC32)nc1. The predicted molar refractivity (Wildman–Crippen MR) is 144 cm³/mol. The van der Waals surface area contributed by atoms with Crippen LogP contribution in [0.25, 0.3) is 0 Å². The molecule has 0 spiro atoms. The molecule has 1 aromatic heterocycles. The fourth-order valence-electron chi connectivity index (χ4n) is 4.93. The number of amides is 2. The van der Waals surface area contributed by atoms with Crippen LogP contribution in [0.1, 0.15) is 50.4 Å². The summed E-state index contributed by atoms with van der Waals surface area (Å²) in [4.78, 5) is 34.4. The van der Waals surface area contributed by atoms with Gasteiger partial charge in [-0.05, 0) is 76.3 Å². The quantitative estimate of drug-likeness (QED) is 0.514. The zero-order chi connectivity index (χ0) is 26.9. The third kappa shape index (κ3) is 6.30. The molecule has 2 heterocycles. The molecule has 0 radical (unpaired) electrons. The summed E-state index contributed by atoms with van der Waals surface area (Å²) in [6.07, 6.45) is 4.34. The Balaban J connectivity index is 1.40. The second-order valence-electron chi connectivity index (χ2n) is 10.5. The number of aromatic nitrogens is 1. The van der Waals surface area contributed by atoms with Gasteiger partial charge in [0.2, 0.25) is 0 Å². The molecule has 0 bridgehead atoms. The predicted octanol–water partition coefficient (Wildman–Crippen LogP) is 4.17. The Labute approximate surface area is 227 Å². The number of anilines is 1. The highest BCUT2D eigenvalue weighted by Gasteiger charge is 2.47. The van der Waals surface area contributed by atoms with Gasteiger partial charge in [-0.1, -0.05) is 23.2 Å². The van der Waals surface area contributed by atoms with Crippen LogP contribution in [0.5, 0.6) is 5.75 Å². The number of aliphatic hydroxyl groups is 1. The third-order valence-electron chi connectivity index (χ3n) is 7.16. The van der Waals surface area contributed by atoms with E-state index in [0.717, 1.165) is 31.6 Å². The average molecular weight is 549 g/mol. The van der Waals surface area contributed by atoms with Crippen molar-refractivity contribution in [2.75, 3.05) is 25.1 Å². The van der Waals surface area contributed by atoms with Crippen molar-refractivity contribution in [2.45, 2.75) is 63.8 Å². The number of rotatable bonds is 8. The molecule has 200 valence electrons. The van der Waals surface area contributed by atoms with Crippen molar-refractivity contribution in [2.24, 2.45) is 5.92 Å². The maximum atomic E-state index is 13.5. The number of nitrogens with one attached hydrogen (secondary N) is 1. The standard InChI is InChI=1S/C27H34Cl2N4O4/c1-16(15-34)31-25(35)17-5-8-24(30-14-17)33-10-9-20(11-18-12-22(18)33)32(4)26(36)27(2,3)37-23-7-6-19(28)13-21(23)29/h5-8,13-14,16,18,20,22,34H,9-12,15H2,1-4H3,(H,31,35)/t16-,18?,20?,22?/m0/s1. The van der Waals surface area contributed by atoms with Gasteiger partial charge < -0.3 is 25.0 Å². The summed E-state index contributed by atoms with van der Waals surface area (Å²) < 4.78 is 6.03. The van der Waals surface area contributed by atoms with Crippen LogP contribution >= 0.6 is 23.2 Å². The zero-order valence-corrected chi connectivity index (χ0v) is 23.1. The number of aliphatic hydroxyl groups excluding tert-OH is 1. The highest BCUT2D eigenvalue weighted by molar-refractivity contribution is 6.35. The number of nitrogens with zero attached hydrogens (tertiary/aromatic N) is 3. The van der Waals surface area contributed by atoms with E-state index in [-0.39, 0.29) is 30.5 Å². The van der Waals surface area contributed by atoms with Gasteiger partial charge in [0.05, 0.1) is 17.2 Å². The lowest BCUT2D eigenvalue weighted by Crippen LogP contribution is -2.51. The molecule has 2 aliphatic rings. The first kappa shape index (κ1) is 27.5. The molecule has 2 aromatic rings. The first-order chi connectivity index (χ1) is 17.5. The van der Waals surface area contributed by atoms with Gasteiger partial charge in [-0.15, -0.1) is 0 Å². The fraction of sp³-hybridized carbons (Fsp3) is 0.519. The lowest BCUT2D eigenvalue weighted by atomic mass is 10.0. The molecular formula is C27H34Cl2N4O4. The van der Waals surface area contributed by atoms with Crippen LogP contribution in [-0.4, -0.2) is 70.7 Å². The minimum atomic E-state index is -1.10. The van der Waals surface area contributed by atoms with Gasteiger partial charge in [-0.25, -0.2) is 4.98 Å². The van der Waals surface area contributed by atoms with Crippen molar-refractivity contribution in [3.63, 3.8) is 0 Å². The van der Waals surface area contributed by atoms with Crippen LogP contribution in [0.15, 0.2) is 36.5 Å². The highest BCUT2D eigenvalue weighted by atomic mass is 35.5. The molecule has 4 rings (SSSR count). The van der Waals surface area contributed by atoms with E-state index >= 15 is 0 Å². The smallest absolute Gasteiger partial charge is 0.266 e. The molecule has 1 aliphatic heterocycles. The van der Waals surface area contributed by atoms with Crippen molar-refractivity contribution in [1.82, 2.24) is 15.2 Å². The summed E-state index contributed by atoms with van der Waals surface area (Å²) in [5.41, 5.74) is -0.649. The van der Waals surface area contributed by atoms with Gasteiger partial charge in [0.1, 0.15) is 11.6 Å². The maximum absolute atomic E-state index is 13.5. The lowest BCUT2D eigenvalue weighted by Gasteiger charge is -2.35. The Hall–Kier alpha value is -2.55. The van der Waals surface area contributed by atoms with E-state index in [4.69, 9.17) is 33.0 Å². The van der Waals surface area contributed by atoms with E-state index in [9.17, 15) is 9.59 Å².